The van der Waals surface area contributed by atoms with E-state index in [2.05, 4.69) is 15.6 Å². The second-order valence-corrected chi connectivity index (χ2v) is 6.52. The Morgan fingerprint density at radius 3 is 2.58 bits per heavy atom. The molecule has 2 amide bonds. The summed E-state index contributed by atoms with van der Waals surface area (Å²) in [5.74, 6) is 0.0335. The van der Waals surface area contributed by atoms with Gasteiger partial charge in [-0.3, -0.25) is 14.2 Å². The van der Waals surface area contributed by atoms with Crippen LogP contribution in [0.15, 0.2) is 36.7 Å². The summed E-state index contributed by atoms with van der Waals surface area (Å²) >= 11 is 1.18. The Morgan fingerprint density at radius 2 is 1.88 bits per heavy atom. The Bertz CT molecular complexity index is 735. The lowest BCUT2D eigenvalue weighted by Crippen LogP contribution is -2.28. The third-order valence-corrected chi connectivity index (χ3v) is 4.36. The van der Waals surface area contributed by atoms with Gasteiger partial charge in [0.2, 0.25) is 11.8 Å². The smallest absolute Gasteiger partial charge is 0.319 e. The minimum absolute atomic E-state index is 0.116. The molecule has 1 aromatic heterocycles. The highest BCUT2D eigenvalue weighted by Gasteiger charge is 2.11. The van der Waals surface area contributed by atoms with Gasteiger partial charge in [0.1, 0.15) is 5.82 Å². The molecule has 2 aromatic rings. The molecule has 0 saturated carbocycles. The van der Waals surface area contributed by atoms with Gasteiger partial charge in [-0.1, -0.05) is 17.7 Å². The van der Waals surface area contributed by atoms with Crippen molar-refractivity contribution in [3.63, 3.8) is 0 Å². The van der Waals surface area contributed by atoms with E-state index in [0.29, 0.717) is 5.69 Å². The van der Waals surface area contributed by atoms with Gasteiger partial charge in [-0.05, 0) is 19.1 Å². The van der Waals surface area contributed by atoms with E-state index < -0.39 is 6.55 Å². The van der Waals surface area contributed by atoms with Crippen molar-refractivity contribution in [2.45, 2.75) is 19.9 Å². The first-order valence-electron chi connectivity index (χ1n) is 7.96. The summed E-state index contributed by atoms with van der Waals surface area (Å²) in [5.41, 5.74) is 1.81. The summed E-state index contributed by atoms with van der Waals surface area (Å²) in [6.45, 7) is -0.481. The molecule has 0 unspecified atom stereocenters. The van der Waals surface area contributed by atoms with Crippen molar-refractivity contribution in [2.24, 2.45) is 0 Å². The Kier molecular flexibility index (Phi) is 7.58. The molecule has 0 atom stereocenters. The molecule has 0 spiro atoms. The number of halogens is 2. The Labute approximate surface area is 154 Å². The molecule has 26 heavy (non-hydrogen) atoms. The Balaban J connectivity index is 1.62. The van der Waals surface area contributed by atoms with E-state index in [1.807, 2.05) is 31.2 Å². The highest BCUT2D eigenvalue weighted by Crippen LogP contribution is 2.12. The summed E-state index contributed by atoms with van der Waals surface area (Å²) < 4.78 is 26.1. The maximum Gasteiger partial charge on any atom is 0.319 e. The van der Waals surface area contributed by atoms with Gasteiger partial charge in [-0.15, -0.1) is 11.8 Å². The standard InChI is InChI=1S/C17H20F2N4O2S/c1-12-2-4-13(5-3-12)22-16(25)11-26-10-15(24)21-7-6-14-20-8-9-23(14)17(18)19/h2-5,8-9,17H,6-7,10-11H2,1H3,(H,21,24)(H,22,25). The summed E-state index contributed by atoms with van der Waals surface area (Å²) in [6, 6.07) is 7.42. The second-order valence-electron chi connectivity index (χ2n) is 5.54. The van der Waals surface area contributed by atoms with Gasteiger partial charge in [-0.25, -0.2) is 4.98 Å². The highest BCUT2D eigenvalue weighted by molar-refractivity contribution is 8.00. The third-order valence-electron chi connectivity index (χ3n) is 3.43. The number of aromatic nitrogens is 2. The fraction of sp³-hybridized carbons (Fsp3) is 0.353. The Morgan fingerprint density at radius 1 is 1.19 bits per heavy atom. The van der Waals surface area contributed by atoms with E-state index in [0.717, 1.165) is 10.1 Å². The summed E-state index contributed by atoms with van der Waals surface area (Å²) in [7, 11) is 0. The molecule has 0 aliphatic heterocycles. The normalized spacial score (nSPS) is 10.8. The van der Waals surface area contributed by atoms with E-state index >= 15 is 0 Å². The van der Waals surface area contributed by atoms with Crippen molar-refractivity contribution < 1.29 is 18.4 Å². The molecule has 2 N–H and O–H groups in total. The zero-order valence-corrected chi connectivity index (χ0v) is 15.1. The molecular weight excluding hydrogens is 362 g/mol. The molecule has 1 heterocycles. The van der Waals surface area contributed by atoms with Crippen LogP contribution in [0.1, 0.15) is 17.9 Å². The maximum atomic E-state index is 12.7. The van der Waals surface area contributed by atoms with Gasteiger partial charge < -0.3 is 10.6 Å². The van der Waals surface area contributed by atoms with Crippen LogP contribution >= 0.6 is 11.8 Å². The zero-order chi connectivity index (χ0) is 18.9. The predicted molar refractivity (Wildman–Crippen MR) is 97.3 cm³/mol. The number of hydrogen-bond acceptors (Lipinski definition) is 4. The van der Waals surface area contributed by atoms with Crippen LogP contribution in [0, 0.1) is 6.92 Å². The van der Waals surface area contributed by atoms with E-state index in [-0.39, 0.29) is 42.1 Å². The summed E-state index contributed by atoms with van der Waals surface area (Å²) in [6.07, 6.45) is 2.71. The molecule has 1 aromatic carbocycles. The number of carbonyl (C=O) groups is 2. The third kappa shape index (κ3) is 6.47. The molecule has 0 radical (unpaired) electrons. The van der Waals surface area contributed by atoms with Gasteiger partial charge in [0.15, 0.2) is 0 Å². The number of hydrogen-bond donors (Lipinski definition) is 2. The minimum atomic E-state index is -2.65. The molecule has 0 fully saturated rings. The van der Waals surface area contributed by atoms with Crippen LogP contribution in [-0.4, -0.2) is 39.4 Å². The van der Waals surface area contributed by atoms with Crippen LogP contribution in [-0.2, 0) is 16.0 Å². The van der Waals surface area contributed by atoms with Gasteiger partial charge >= 0.3 is 6.55 Å². The van der Waals surface area contributed by atoms with Gasteiger partial charge in [0.25, 0.3) is 0 Å². The average molecular weight is 382 g/mol. The number of amides is 2. The number of imidazole rings is 1. The van der Waals surface area contributed by atoms with Crippen molar-refractivity contribution in [3.05, 3.63) is 48.0 Å². The van der Waals surface area contributed by atoms with Crippen molar-refractivity contribution in [2.75, 3.05) is 23.4 Å². The number of rotatable bonds is 9. The van der Waals surface area contributed by atoms with Gasteiger partial charge in [0.05, 0.1) is 11.5 Å². The summed E-state index contributed by atoms with van der Waals surface area (Å²) in [4.78, 5) is 27.4. The lowest BCUT2D eigenvalue weighted by molar-refractivity contribution is -0.118. The molecule has 0 aliphatic rings. The van der Waals surface area contributed by atoms with E-state index in [1.54, 1.807) is 0 Å². The SMILES string of the molecule is Cc1ccc(NC(=O)CSCC(=O)NCCc2nccn2C(F)F)cc1. The number of nitrogens with zero attached hydrogens (tertiary/aromatic N) is 2. The fourth-order valence-corrected chi connectivity index (χ4v) is 2.80. The van der Waals surface area contributed by atoms with Crippen molar-refractivity contribution in [3.8, 4) is 0 Å². The monoisotopic (exact) mass is 382 g/mol. The van der Waals surface area contributed by atoms with Crippen molar-refractivity contribution in [1.29, 1.82) is 0 Å². The highest BCUT2D eigenvalue weighted by atomic mass is 32.2. The van der Waals surface area contributed by atoms with Crippen LogP contribution in [0.3, 0.4) is 0 Å². The van der Waals surface area contributed by atoms with Crippen molar-refractivity contribution >= 4 is 29.3 Å². The molecule has 0 saturated heterocycles. The van der Waals surface area contributed by atoms with Crippen LogP contribution in [0.4, 0.5) is 14.5 Å². The molecular formula is C17H20F2N4O2S. The zero-order valence-electron chi connectivity index (χ0n) is 14.2. The second kappa shape index (κ2) is 9.91. The average Bonchev–Trinajstić information content (AvgIpc) is 3.06. The minimum Gasteiger partial charge on any atom is -0.355 e. The van der Waals surface area contributed by atoms with Crippen molar-refractivity contribution in [1.82, 2.24) is 14.9 Å². The molecule has 2 rings (SSSR count). The summed E-state index contributed by atoms with van der Waals surface area (Å²) in [5, 5.41) is 5.37. The van der Waals surface area contributed by atoms with E-state index in [1.165, 1.54) is 24.2 Å². The van der Waals surface area contributed by atoms with E-state index in [9.17, 15) is 18.4 Å². The quantitative estimate of drug-likeness (QED) is 0.699. The first kappa shape index (κ1) is 19.9. The predicted octanol–water partition coefficient (Wildman–Crippen LogP) is 2.62. The maximum absolute atomic E-state index is 12.7. The molecule has 0 aliphatic carbocycles. The fourth-order valence-electron chi connectivity index (χ4n) is 2.15. The number of nitrogens with one attached hydrogen (secondary N) is 2. The van der Waals surface area contributed by atoms with Crippen LogP contribution in [0.5, 0.6) is 0 Å². The van der Waals surface area contributed by atoms with Gasteiger partial charge in [0, 0.05) is 31.0 Å². The molecule has 9 heteroatoms. The Hall–Kier alpha value is -2.42. The molecule has 140 valence electrons. The number of anilines is 1. The van der Waals surface area contributed by atoms with Crippen LogP contribution in [0.25, 0.3) is 0 Å². The van der Waals surface area contributed by atoms with Crippen LogP contribution < -0.4 is 10.6 Å². The number of benzene rings is 1. The molecule has 0 bridgehead atoms. The van der Waals surface area contributed by atoms with Crippen LogP contribution in [0.2, 0.25) is 0 Å². The van der Waals surface area contributed by atoms with E-state index in [4.69, 9.17) is 0 Å². The number of aryl methyl sites for hydroxylation is 1. The van der Waals surface area contributed by atoms with Gasteiger partial charge in [-0.2, -0.15) is 8.78 Å². The lowest BCUT2D eigenvalue weighted by Gasteiger charge is -2.08. The first-order chi connectivity index (χ1) is 12.5. The number of thioether (sulfide) groups is 1. The lowest BCUT2D eigenvalue weighted by atomic mass is 10.2. The first-order valence-corrected chi connectivity index (χ1v) is 9.12. The molecule has 6 nitrogen and oxygen atoms in total. The largest absolute Gasteiger partial charge is 0.355 e. The topological polar surface area (TPSA) is 76.0 Å². The number of carbonyl (C=O) groups excluding carboxylic acids is 2. The number of alkyl halides is 2.